The lowest BCUT2D eigenvalue weighted by Gasteiger charge is -2.38. The largest absolute Gasteiger partial charge is 0.496 e. The Morgan fingerprint density at radius 1 is 0.971 bits per heavy atom. The predicted octanol–water partition coefficient (Wildman–Crippen LogP) is 6.84. The average Bonchev–Trinajstić information content (AvgIpc) is 2.89. The van der Waals surface area contributed by atoms with Crippen LogP contribution in [0.2, 0.25) is 5.02 Å². The van der Waals surface area contributed by atoms with Crippen LogP contribution in [-0.2, 0) is 6.61 Å². The Morgan fingerprint density at radius 2 is 1.71 bits per heavy atom. The monoisotopic (exact) mass is 488 g/mol. The number of halogens is 2. The second-order valence-corrected chi connectivity index (χ2v) is 8.47. The van der Waals surface area contributed by atoms with Gasteiger partial charge in [-0.15, -0.1) is 0 Å². The van der Waals surface area contributed by atoms with E-state index in [1.54, 1.807) is 61.7 Å². The number of nitrogens with one attached hydrogen (secondary N) is 1. The second-order valence-electron chi connectivity index (χ2n) is 8.03. The molecule has 0 aromatic heterocycles. The fourth-order valence-electron chi connectivity index (χ4n) is 4.16. The van der Waals surface area contributed by atoms with Crippen LogP contribution < -0.4 is 19.7 Å². The average molecular weight is 489 g/mol. The Labute approximate surface area is 207 Å². The maximum atomic E-state index is 14.9. The summed E-state index contributed by atoms with van der Waals surface area (Å²) >= 11 is 5.96. The highest BCUT2D eigenvalue weighted by Crippen LogP contribution is 2.38. The van der Waals surface area contributed by atoms with Gasteiger partial charge in [-0.1, -0.05) is 41.9 Å². The third kappa shape index (κ3) is 4.53. The molecule has 4 aromatic rings. The van der Waals surface area contributed by atoms with E-state index in [1.807, 2.05) is 30.3 Å². The molecule has 1 N–H and O–H groups in total. The number of carbonyl (C=O) groups is 1. The number of hydrogen-bond donors (Lipinski definition) is 1. The molecule has 1 unspecified atom stereocenters. The Balaban J connectivity index is 1.54. The van der Waals surface area contributed by atoms with Gasteiger partial charge >= 0.3 is 0 Å². The lowest BCUT2D eigenvalue weighted by Crippen LogP contribution is -2.43. The molecule has 7 heteroatoms. The van der Waals surface area contributed by atoms with Crippen LogP contribution in [0.1, 0.15) is 27.7 Å². The Morgan fingerprint density at radius 3 is 2.49 bits per heavy atom. The van der Waals surface area contributed by atoms with Crippen molar-refractivity contribution in [2.75, 3.05) is 17.3 Å². The molecule has 5 rings (SSSR count). The number of para-hydroxylation sites is 2. The number of benzene rings is 4. The van der Waals surface area contributed by atoms with Gasteiger partial charge in [-0.05, 0) is 66.2 Å². The first-order chi connectivity index (χ1) is 17.0. The molecule has 1 aliphatic rings. The zero-order valence-electron chi connectivity index (χ0n) is 18.9. The van der Waals surface area contributed by atoms with Crippen LogP contribution >= 0.6 is 11.6 Å². The van der Waals surface area contributed by atoms with Gasteiger partial charge in [0.1, 0.15) is 30.1 Å². The molecule has 1 aliphatic heterocycles. The first-order valence-corrected chi connectivity index (χ1v) is 11.4. The maximum absolute atomic E-state index is 14.9. The van der Waals surface area contributed by atoms with E-state index in [0.29, 0.717) is 27.8 Å². The first kappa shape index (κ1) is 22.7. The minimum absolute atomic E-state index is 0.194. The van der Waals surface area contributed by atoms with Crippen molar-refractivity contribution in [2.24, 2.45) is 0 Å². The van der Waals surface area contributed by atoms with Crippen LogP contribution in [0.15, 0.2) is 91.0 Å². The number of amides is 1. The molecule has 1 amide bonds. The summed E-state index contributed by atoms with van der Waals surface area (Å²) in [5, 5.41) is 4.03. The first-order valence-electron chi connectivity index (χ1n) is 11.0. The van der Waals surface area contributed by atoms with E-state index >= 15 is 0 Å². The van der Waals surface area contributed by atoms with Gasteiger partial charge in [-0.2, -0.15) is 0 Å². The number of hydrogen-bond acceptors (Lipinski definition) is 4. The van der Waals surface area contributed by atoms with Gasteiger partial charge in [-0.3, -0.25) is 9.69 Å². The summed E-state index contributed by atoms with van der Waals surface area (Å²) in [5.74, 6) is 0.536. The van der Waals surface area contributed by atoms with Crippen molar-refractivity contribution in [3.8, 4) is 11.5 Å². The predicted molar refractivity (Wildman–Crippen MR) is 135 cm³/mol. The van der Waals surface area contributed by atoms with Crippen LogP contribution in [0.5, 0.6) is 11.5 Å². The molecule has 5 nitrogen and oxygen atoms in total. The van der Waals surface area contributed by atoms with Gasteiger partial charge in [0, 0.05) is 16.3 Å². The highest BCUT2D eigenvalue weighted by molar-refractivity contribution is 6.30. The van der Waals surface area contributed by atoms with Gasteiger partial charge in [-0.25, -0.2) is 4.39 Å². The standard InChI is InChI=1S/C28H22ClFN2O3/c1-34-26-15-10-18(16-19(26)17-35-21-13-11-20(29)12-14-21)27-31-24-8-4-2-6-22(24)28(33)32(27)25-9-5-3-7-23(25)30/h2-16,27,31H,17H2,1H3. The number of rotatable bonds is 6. The summed E-state index contributed by atoms with van der Waals surface area (Å²) in [6.07, 6.45) is -0.644. The maximum Gasteiger partial charge on any atom is 0.262 e. The molecule has 176 valence electrons. The summed E-state index contributed by atoms with van der Waals surface area (Å²) in [6, 6.07) is 26.1. The smallest absolute Gasteiger partial charge is 0.262 e. The van der Waals surface area contributed by atoms with E-state index in [1.165, 1.54) is 11.0 Å². The van der Waals surface area contributed by atoms with E-state index in [9.17, 15) is 9.18 Å². The van der Waals surface area contributed by atoms with Crippen molar-refractivity contribution in [1.82, 2.24) is 0 Å². The molecule has 0 fully saturated rings. The molecule has 0 radical (unpaired) electrons. The van der Waals surface area contributed by atoms with Crippen molar-refractivity contribution in [1.29, 1.82) is 0 Å². The van der Waals surface area contributed by atoms with Crippen molar-refractivity contribution in [3.05, 3.63) is 119 Å². The quantitative estimate of drug-likeness (QED) is 0.323. The van der Waals surface area contributed by atoms with E-state index in [4.69, 9.17) is 21.1 Å². The molecule has 35 heavy (non-hydrogen) atoms. The molecule has 1 atom stereocenters. The number of nitrogens with zero attached hydrogens (tertiary/aromatic N) is 1. The lowest BCUT2D eigenvalue weighted by atomic mass is 10.0. The molecule has 4 aromatic carbocycles. The van der Waals surface area contributed by atoms with Crippen molar-refractivity contribution >= 4 is 28.9 Å². The lowest BCUT2D eigenvalue weighted by molar-refractivity contribution is 0.0974. The van der Waals surface area contributed by atoms with Crippen LogP contribution in [-0.4, -0.2) is 13.0 Å². The minimum Gasteiger partial charge on any atom is -0.496 e. The van der Waals surface area contributed by atoms with Crippen LogP contribution in [0, 0.1) is 5.82 Å². The highest BCUT2D eigenvalue weighted by atomic mass is 35.5. The molecule has 0 saturated carbocycles. The Bertz CT molecular complexity index is 1380. The fourth-order valence-corrected chi connectivity index (χ4v) is 4.28. The molecule has 0 aliphatic carbocycles. The van der Waals surface area contributed by atoms with Crippen molar-refractivity contribution in [2.45, 2.75) is 12.8 Å². The molecular formula is C28H22ClFN2O3. The Hall–Kier alpha value is -4.03. The summed E-state index contributed by atoms with van der Waals surface area (Å²) < 4.78 is 26.4. The number of methoxy groups -OCH3 is 1. The van der Waals surface area contributed by atoms with Gasteiger partial charge in [0.15, 0.2) is 0 Å². The van der Waals surface area contributed by atoms with Gasteiger partial charge in [0.25, 0.3) is 5.91 Å². The summed E-state index contributed by atoms with van der Waals surface area (Å²) in [6.45, 7) is 0.232. The number of fused-ring (bicyclic) bond motifs is 1. The fraction of sp³-hybridized carbons (Fsp3) is 0.107. The normalized spacial score (nSPS) is 14.8. The Kier molecular flexibility index (Phi) is 6.29. The zero-order valence-corrected chi connectivity index (χ0v) is 19.6. The number of carbonyl (C=O) groups excluding carboxylic acids is 1. The van der Waals surface area contributed by atoms with E-state index in [0.717, 1.165) is 11.1 Å². The molecule has 0 spiro atoms. The third-order valence-electron chi connectivity index (χ3n) is 5.87. The van der Waals surface area contributed by atoms with Gasteiger partial charge < -0.3 is 14.8 Å². The van der Waals surface area contributed by atoms with Crippen LogP contribution in [0.25, 0.3) is 0 Å². The van der Waals surface area contributed by atoms with E-state index in [2.05, 4.69) is 5.32 Å². The molecule has 0 bridgehead atoms. The molecule has 0 saturated heterocycles. The zero-order chi connectivity index (χ0) is 24.4. The van der Waals surface area contributed by atoms with Crippen LogP contribution in [0.4, 0.5) is 15.8 Å². The van der Waals surface area contributed by atoms with Crippen molar-refractivity contribution < 1.29 is 18.7 Å². The highest BCUT2D eigenvalue weighted by Gasteiger charge is 2.35. The number of anilines is 2. The summed E-state index contributed by atoms with van der Waals surface area (Å²) in [7, 11) is 1.59. The van der Waals surface area contributed by atoms with E-state index < -0.39 is 12.0 Å². The van der Waals surface area contributed by atoms with Crippen molar-refractivity contribution in [3.63, 3.8) is 0 Å². The summed E-state index contributed by atoms with van der Waals surface area (Å²) in [4.78, 5) is 15.0. The summed E-state index contributed by atoms with van der Waals surface area (Å²) in [5.41, 5.74) is 2.89. The molecular weight excluding hydrogens is 467 g/mol. The van der Waals surface area contributed by atoms with Gasteiger partial charge in [0.2, 0.25) is 0 Å². The van der Waals surface area contributed by atoms with E-state index in [-0.39, 0.29) is 18.2 Å². The van der Waals surface area contributed by atoms with Crippen LogP contribution in [0.3, 0.4) is 0 Å². The second kappa shape index (κ2) is 9.68. The van der Waals surface area contributed by atoms with Gasteiger partial charge in [0.05, 0.1) is 18.4 Å². The topological polar surface area (TPSA) is 50.8 Å². The molecule has 1 heterocycles. The minimum atomic E-state index is -0.644. The SMILES string of the molecule is COc1ccc(C2Nc3ccccc3C(=O)N2c2ccccc2F)cc1COc1ccc(Cl)cc1. The number of ether oxygens (including phenoxy) is 2. The third-order valence-corrected chi connectivity index (χ3v) is 6.12.